The molecule has 0 aliphatic carbocycles. The molecule has 2 rings (SSSR count). The van der Waals surface area contributed by atoms with Gasteiger partial charge in [0.1, 0.15) is 5.15 Å². The number of hydrogen-bond donors (Lipinski definition) is 0. The van der Waals surface area contributed by atoms with E-state index in [0.717, 1.165) is 0 Å². The Morgan fingerprint density at radius 3 is 2.35 bits per heavy atom. The Balaban J connectivity index is 2.26. The molecule has 0 fully saturated rings. The normalized spacial score (nSPS) is 10.1. The van der Waals surface area contributed by atoms with Gasteiger partial charge in [0.05, 0.1) is 30.4 Å². The number of methoxy groups -OCH3 is 2. The molecule has 0 radical (unpaired) electrons. The summed E-state index contributed by atoms with van der Waals surface area (Å²) in [5.74, 6) is -0.888. The van der Waals surface area contributed by atoms with Crippen LogP contribution in [0.25, 0.3) is 0 Å². The molecule has 0 saturated carbocycles. The average Bonchev–Trinajstić information content (AvgIpc) is 2.56. The molecular weight excluding hydrogens is 345 g/mol. The van der Waals surface area contributed by atoms with Gasteiger partial charge in [-0.15, -0.1) is 0 Å². The van der Waals surface area contributed by atoms with Gasteiger partial charge in [0.2, 0.25) is 0 Å². The van der Waals surface area contributed by atoms with Gasteiger partial charge >= 0.3 is 11.9 Å². The number of rotatable bonds is 4. The zero-order valence-electron chi connectivity index (χ0n) is 12.1. The van der Waals surface area contributed by atoms with Gasteiger partial charge in [0, 0.05) is 6.20 Å². The van der Waals surface area contributed by atoms with E-state index in [1.54, 1.807) is 0 Å². The van der Waals surface area contributed by atoms with Gasteiger partial charge in [0.25, 0.3) is 0 Å². The molecule has 0 aliphatic heterocycles. The fourth-order valence-electron chi connectivity index (χ4n) is 1.69. The lowest BCUT2D eigenvalue weighted by Crippen LogP contribution is -2.10. The van der Waals surface area contributed by atoms with E-state index in [-0.39, 0.29) is 32.8 Å². The van der Waals surface area contributed by atoms with Crippen molar-refractivity contribution in [2.75, 3.05) is 14.2 Å². The van der Waals surface area contributed by atoms with Gasteiger partial charge < -0.3 is 14.2 Å². The number of esters is 2. The zero-order valence-corrected chi connectivity index (χ0v) is 13.6. The van der Waals surface area contributed by atoms with E-state index in [0.29, 0.717) is 0 Å². The van der Waals surface area contributed by atoms with Crippen LogP contribution in [-0.4, -0.2) is 31.1 Å². The summed E-state index contributed by atoms with van der Waals surface area (Å²) < 4.78 is 15.0. The van der Waals surface area contributed by atoms with Crippen molar-refractivity contribution < 1.29 is 23.8 Å². The molecule has 0 bridgehead atoms. The van der Waals surface area contributed by atoms with E-state index in [1.165, 1.54) is 44.7 Å². The van der Waals surface area contributed by atoms with Crippen LogP contribution in [0.4, 0.5) is 0 Å². The van der Waals surface area contributed by atoms with E-state index in [1.807, 2.05) is 0 Å². The molecule has 8 heteroatoms. The molecule has 1 aromatic heterocycles. The van der Waals surface area contributed by atoms with Crippen LogP contribution in [0.15, 0.2) is 30.5 Å². The third-order valence-electron chi connectivity index (χ3n) is 2.82. The quantitative estimate of drug-likeness (QED) is 0.475. The first-order chi connectivity index (χ1) is 11.0. The zero-order chi connectivity index (χ0) is 17.0. The van der Waals surface area contributed by atoms with E-state index in [2.05, 4.69) is 9.72 Å². The molecule has 1 heterocycles. The van der Waals surface area contributed by atoms with Crippen molar-refractivity contribution in [2.24, 2.45) is 0 Å². The third kappa shape index (κ3) is 3.91. The summed E-state index contributed by atoms with van der Waals surface area (Å²) in [5.41, 5.74) is 0.388. The van der Waals surface area contributed by atoms with Crippen LogP contribution >= 0.6 is 23.2 Å². The first-order valence-electron chi connectivity index (χ1n) is 6.26. The maximum absolute atomic E-state index is 12.1. The Morgan fingerprint density at radius 2 is 1.74 bits per heavy atom. The number of nitrogens with zero attached hydrogens (tertiary/aromatic N) is 1. The molecule has 0 spiro atoms. The van der Waals surface area contributed by atoms with Crippen LogP contribution in [0.1, 0.15) is 20.7 Å². The SMILES string of the molecule is COC(=O)c1ccc(OC(=O)c2cnc(Cl)c(Cl)c2)c(OC)c1. The second-order valence-corrected chi connectivity index (χ2v) is 5.01. The minimum Gasteiger partial charge on any atom is -0.493 e. The lowest BCUT2D eigenvalue weighted by Gasteiger charge is -2.10. The Labute approximate surface area is 141 Å². The predicted octanol–water partition coefficient (Wildman–Crippen LogP) is 3.40. The van der Waals surface area contributed by atoms with Crippen LogP contribution in [0.3, 0.4) is 0 Å². The first-order valence-corrected chi connectivity index (χ1v) is 7.01. The number of carbonyl (C=O) groups excluding carboxylic acids is 2. The summed E-state index contributed by atoms with van der Waals surface area (Å²) in [4.78, 5) is 27.4. The maximum atomic E-state index is 12.1. The van der Waals surface area contributed by atoms with E-state index < -0.39 is 11.9 Å². The molecule has 0 atom stereocenters. The van der Waals surface area contributed by atoms with Crippen LogP contribution in [0, 0.1) is 0 Å². The second-order valence-electron chi connectivity index (χ2n) is 4.24. The number of aromatic nitrogens is 1. The molecule has 120 valence electrons. The van der Waals surface area contributed by atoms with Crippen molar-refractivity contribution in [3.8, 4) is 11.5 Å². The molecule has 0 N–H and O–H groups in total. The highest BCUT2D eigenvalue weighted by molar-refractivity contribution is 6.41. The summed E-state index contributed by atoms with van der Waals surface area (Å²) in [5, 5.41) is 0.220. The highest BCUT2D eigenvalue weighted by Crippen LogP contribution is 2.29. The largest absolute Gasteiger partial charge is 0.493 e. The Kier molecular flexibility index (Phi) is 5.41. The molecule has 0 saturated heterocycles. The molecule has 0 unspecified atom stereocenters. The summed E-state index contributed by atoms with van der Waals surface area (Å²) >= 11 is 11.5. The molecular formula is C15H11Cl2NO5. The van der Waals surface area contributed by atoms with Gasteiger partial charge in [-0.1, -0.05) is 23.2 Å². The summed E-state index contributed by atoms with van der Waals surface area (Å²) in [6.07, 6.45) is 1.24. The van der Waals surface area contributed by atoms with E-state index >= 15 is 0 Å². The number of halogens is 2. The van der Waals surface area contributed by atoms with Crippen molar-refractivity contribution in [3.63, 3.8) is 0 Å². The minimum atomic E-state index is -0.694. The molecule has 2 aromatic rings. The molecule has 23 heavy (non-hydrogen) atoms. The van der Waals surface area contributed by atoms with Crippen LogP contribution in [-0.2, 0) is 4.74 Å². The topological polar surface area (TPSA) is 74.7 Å². The number of benzene rings is 1. The Bertz CT molecular complexity index is 764. The lowest BCUT2D eigenvalue weighted by atomic mass is 10.2. The van der Waals surface area contributed by atoms with Gasteiger partial charge in [-0.3, -0.25) is 0 Å². The lowest BCUT2D eigenvalue weighted by molar-refractivity contribution is 0.0600. The van der Waals surface area contributed by atoms with Crippen LogP contribution < -0.4 is 9.47 Å². The van der Waals surface area contributed by atoms with Crippen molar-refractivity contribution in [1.29, 1.82) is 0 Å². The maximum Gasteiger partial charge on any atom is 0.345 e. The van der Waals surface area contributed by atoms with Crippen LogP contribution in [0.5, 0.6) is 11.5 Å². The van der Waals surface area contributed by atoms with Gasteiger partial charge in [-0.2, -0.15) is 0 Å². The standard InChI is InChI=1S/C15H11Cl2NO5/c1-21-12-6-8(14(19)22-2)3-4-11(12)23-15(20)9-5-10(16)13(17)18-7-9/h3-7H,1-2H3. The number of carbonyl (C=O) groups is 2. The molecule has 0 amide bonds. The first kappa shape index (κ1) is 17.1. The smallest absolute Gasteiger partial charge is 0.345 e. The highest BCUT2D eigenvalue weighted by Gasteiger charge is 2.16. The molecule has 1 aromatic carbocycles. The number of pyridine rings is 1. The summed E-state index contributed by atoms with van der Waals surface area (Å²) in [7, 11) is 2.65. The van der Waals surface area contributed by atoms with Gasteiger partial charge in [0.15, 0.2) is 11.5 Å². The number of hydrogen-bond acceptors (Lipinski definition) is 6. The molecule has 0 aliphatic rings. The highest BCUT2D eigenvalue weighted by atomic mass is 35.5. The second kappa shape index (κ2) is 7.30. The van der Waals surface area contributed by atoms with Gasteiger partial charge in [-0.25, -0.2) is 14.6 Å². The monoisotopic (exact) mass is 355 g/mol. The summed E-state index contributed by atoms with van der Waals surface area (Å²) in [6, 6.07) is 5.62. The number of ether oxygens (including phenoxy) is 3. The predicted molar refractivity (Wildman–Crippen MR) is 83.5 cm³/mol. The Morgan fingerprint density at radius 1 is 1.00 bits per heavy atom. The summed E-state index contributed by atoms with van der Waals surface area (Å²) in [6.45, 7) is 0. The van der Waals surface area contributed by atoms with Crippen LogP contribution in [0.2, 0.25) is 10.2 Å². The van der Waals surface area contributed by atoms with Crippen molar-refractivity contribution in [2.45, 2.75) is 0 Å². The fourth-order valence-corrected chi connectivity index (χ4v) is 1.96. The van der Waals surface area contributed by atoms with Crippen molar-refractivity contribution >= 4 is 35.1 Å². The average molecular weight is 356 g/mol. The van der Waals surface area contributed by atoms with Crippen molar-refractivity contribution in [3.05, 3.63) is 51.8 Å². The van der Waals surface area contributed by atoms with Crippen molar-refractivity contribution in [1.82, 2.24) is 4.98 Å². The third-order valence-corrected chi connectivity index (χ3v) is 3.51. The Hall–Kier alpha value is -2.31. The van der Waals surface area contributed by atoms with E-state index in [4.69, 9.17) is 32.7 Å². The fraction of sp³-hybridized carbons (Fsp3) is 0.133. The van der Waals surface area contributed by atoms with E-state index in [9.17, 15) is 9.59 Å². The van der Waals surface area contributed by atoms with Gasteiger partial charge in [-0.05, 0) is 24.3 Å². The molecule has 6 nitrogen and oxygen atoms in total. The minimum absolute atomic E-state index is 0.0863.